The first-order valence-corrected chi connectivity index (χ1v) is 10.3. The molecule has 0 aliphatic heterocycles. The lowest BCUT2D eigenvalue weighted by Crippen LogP contribution is -2.58. The van der Waals surface area contributed by atoms with Crippen molar-refractivity contribution in [1.29, 1.82) is 0 Å². The minimum absolute atomic E-state index is 0.126. The lowest BCUT2D eigenvalue weighted by atomic mass is 9.48. The highest BCUT2D eigenvalue weighted by atomic mass is 32.1. The van der Waals surface area contributed by atoms with Crippen LogP contribution in [0.1, 0.15) is 44.2 Å². The molecule has 0 saturated heterocycles. The molecule has 1 N–H and O–H groups in total. The third-order valence-corrected chi connectivity index (χ3v) is 7.33. The number of benzene rings is 1. The molecular weight excluding hydrogens is 346 g/mol. The summed E-state index contributed by atoms with van der Waals surface area (Å²) in [6, 6.07) is 10.0. The van der Waals surface area contributed by atoms with Crippen molar-refractivity contribution < 1.29 is 14.6 Å². The SMILES string of the molecule is O=C(OCc1csc(-c2ccccc2)n1)C12C[C@@H]3C[C@@H](CC(O)(C3)C1)C2. The predicted molar refractivity (Wildman–Crippen MR) is 99.4 cm³/mol. The predicted octanol–water partition coefficient (Wildman–Crippen LogP) is 4.18. The summed E-state index contributed by atoms with van der Waals surface area (Å²) in [5, 5.41) is 13.7. The molecule has 2 aromatic rings. The normalized spacial score (nSPS) is 34.8. The summed E-state index contributed by atoms with van der Waals surface area (Å²) in [6.45, 7) is 0.220. The van der Waals surface area contributed by atoms with Crippen LogP contribution in [0.5, 0.6) is 0 Å². The Hall–Kier alpha value is -1.72. The average molecular weight is 369 g/mol. The minimum atomic E-state index is -0.635. The van der Waals surface area contributed by atoms with Gasteiger partial charge in [0.15, 0.2) is 0 Å². The Morgan fingerprint density at radius 1 is 1.19 bits per heavy atom. The Balaban J connectivity index is 1.28. The van der Waals surface area contributed by atoms with Gasteiger partial charge in [0.1, 0.15) is 11.6 Å². The van der Waals surface area contributed by atoms with E-state index in [-0.39, 0.29) is 12.6 Å². The summed E-state index contributed by atoms with van der Waals surface area (Å²) < 4.78 is 5.70. The van der Waals surface area contributed by atoms with Crippen molar-refractivity contribution in [3.05, 3.63) is 41.4 Å². The maximum absolute atomic E-state index is 12.9. The highest BCUT2D eigenvalue weighted by Crippen LogP contribution is 2.62. The molecular formula is C21H23NO3S. The molecule has 0 spiro atoms. The summed E-state index contributed by atoms with van der Waals surface area (Å²) in [5.74, 6) is 0.842. The number of rotatable bonds is 4. The van der Waals surface area contributed by atoms with E-state index in [1.807, 2.05) is 35.7 Å². The standard InChI is InChI=1S/C21H23NO3S/c23-19(20-7-14-6-15(8-20)10-21(24,9-14)13-20)25-11-17-12-26-18(22-17)16-4-2-1-3-5-16/h1-5,12,14-15,24H,6-11,13H2/t14-,15+,20?,21?. The van der Waals surface area contributed by atoms with E-state index in [0.29, 0.717) is 18.3 Å². The molecule has 1 heterocycles. The van der Waals surface area contributed by atoms with Crippen LogP contribution in [0, 0.1) is 17.3 Å². The molecule has 4 bridgehead atoms. The quantitative estimate of drug-likeness (QED) is 0.821. The summed E-state index contributed by atoms with van der Waals surface area (Å²) in [6.07, 6.45) is 5.26. The first kappa shape index (κ1) is 16.5. The maximum atomic E-state index is 12.9. The Morgan fingerprint density at radius 3 is 2.62 bits per heavy atom. The molecule has 0 amide bonds. The van der Waals surface area contributed by atoms with Crippen molar-refractivity contribution >= 4 is 17.3 Å². The van der Waals surface area contributed by atoms with E-state index in [1.165, 1.54) is 6.42 Å². The average Bonchev–Trinajstić information content (AvgIpc) is 3.07. The van der Waals surface area contributed by atoms with Gasteiger partial charge in [-0.15, -0.1) is 11.3 Å². The van der Waals surface area contributed by atoms with Gasteiger partial charge in [-0.25, -0.2) is 4.98 Å². The summed E-state index contributed by atoms with van der Waals surface area (Å²) in [5.41, 5.74) is 0.783. The molecule has 6 rings (SSSR count). The fraction of sp³-hybridized carbons (Fsp3) is 0.524. The zero-order valence-corrected chi connectivity index (χ0v) is 15.5. The van der Waals surface area contributed by atoms with E-state index in [4.69, 9.17) is 4.74 Å². The molecule has 4 aliphatic carbocycles. The van der Waals surface area contributed by atoms with Gasteiger partial charge < -0.3 is 9.84 Å². The lowest BCUT2D eigenvalue weighted by Gasteiger charge is -2.58. The van der Waals surface area contributed by atoms with E-state index >= 15 is 0 Å². The number of hydrogen-bond donors (Lipinski definition) is 1. The van der Waals surface area contributed by atoms with Crippen molar-refractivity contribution in [2.24, 2.45) is 17.3 Å². The second kappa shape index (κ2) is 5.89. The van der Waals surface area contributed by atoms with Crippen LogP contribution in [0.3, 0.4) is 0 Å². The number of ether oxygens (including phenoxy) is 1. The number of aromatic nitrogens is 1. The highest BCUT2D eigenvalue weighted by Gasteiger charge is 2.60. The number of carbonyl (C=O) groups is 1. The van der Waals surface area contributed by atoms with E-state index in [1.54, 1.807) is 11.3 Å². The molecule has 4 nitrogen and oxygen atoms in total. The van der Waals surface area contributed by atoms with Gasteiger partial charge in [0.25, 0.3) is 0 Å². The summed E-state index contributed by atoms with van der Waals surface area (Å²) >= 11 is 1.57. The maximum Gasteiger partial charge on any atom is 0.312 e. The molecule has 26 heavy (non-hydrogen) atoms. The molecule has 136 valence electrons. The van der Waals surface area contributed by atoms with Crippen molar-refractivity contribution in [2.45, 2.75) is 50.7 Å². The molecule has 4 atom stereocenters. The number of hydrogen-bond acceptors (Lipinski definition) is 5. The molecule has 1 aromatic heterocycles. The topological polar surface area (TPSA) is 59.4 Å². The van der Waals surface area contributed by atoms with E-state index in [0.717, 1.165) is 41.9 Å². The van der Waals surface area contributed by atoms with Crippen LogP contribution in [0.4, 0.5) is 0 Å². The molecule has 1 aromatic carbocycles. The van der Waals surface area contributed by atoms with Gasteiger partial charge in [0, 0.05) is 10.9 Å². The number of esters is 1. The van der Waals surface area contributed by atoms with Gasteiger partial charge in [0.05, 0.1) is 16.7 Å². The van der Waals surface area contributed by atoms with Gasteiger partial charge >= 0.3 is 5.97 Å². The zero-order chi connectivity index (χ0) is 17.8. The van der Waals surface area contributed by atoms with Crippen molar-refractivity contribution in [2.75, 3.05) is 0 Å². The van der Waals surface area contributed by atoms with Gasteiger partial charge in [0.2, 0.25) is 0 Å². The van der Waals surface area contributed by atoms with Crippen LogP contribution in [0.2, 0.25) is 0 Å². The highest BCUT2D eigenvalue weighted by molar-refractivity contribution is 7.13. The molecule has 5 heteroatoms. The van der Waals surface area contributed by atoms with Gasteiger partial charge in [-0.1, -0.05) is 30.3 Å². The second-order valence-electron chi connectivity index (χ2n) is 8.55. The summed E-state index contributed by atoms with van der Waals surface area (Å²) in [4.78, 5) is 17.5. The Morgan fingerprint density at radius 2 is 1.92 bits per heavy atom. The van der Waals surface area contributed by atoms with Crippen LogP contribution in [0.15, 0.2) is 35.7 Å². The molecule has 4 saturated carbocycles. The fourth-order valence-electron chi connectivity index (χ4n) is 5.83. The largest absolute Gasteiger partial charge is 0.459 e. The summed E-state index contributed by atoms with van der Waals surface area (Å²) in [7, 11) is 0. The van der Waals surface area contributed by atoms with Crippen LogP contribution < -0.4 is 0 Å². The number of thiazole rings is 1. The monoisotopic (exact) mass is 369 g/mol. The van der Waals surface area contributed by atoms with E-state index in [9.17, 15) is 9.90 Å². The molecule has 0 radical (unpaired) electrons. The van der Waals surface area contributed by atoms with Gasteiger partial charge in [-0.05, 0) is 50.4 Å². The molecule has 4 aliphatic rings. The third-order valence-electron chi connectivity index (χ3n) is 6.39. The van der Waals surface area contributed by atoms with Crippen LogP contribution in [-0.4, -0.2) is 21.7 Å². The fourth-order valence-corrected chi connectivity index (χ4v) is 6.64. The van der Waals surface area contributed by atoms with Gasteiger partial charge in [-0.2, -0.15) is 0 Å². The molecule has 4 fully saturated rings. The molecule has 2 unspecified atom stereocenters. The third kappa shape index (κ3) is 2.78. The number of nitrogens with zero attached hydrogens (tertiary/aromatic N) is 1. The van der Waals surface area contributed by atoms with E-state index < -0.39 is 11.0 Å². The van der Waals surface area contributed by atoms with Gasteiger partial charge in [-0.3, -0.25) is 4.79 Å². The van der Waals surface area contributed by atoms with Crippen LogP contribution >= 0.6 is 11.3 Å². The Labute approximate surface area is 157 Å². The van der Waals surface area contributed by atoms with Crippen molar-refractivity contribution in [3.8, 4) is 10.6 Å². The smallest absolute Gasteiger partial charge is 0.312 e. The number of aliphatic hydroxyl groups is 1. The lowest BCUT2D eigenvalue weighted by molar-refractivity contribution is -0.197. The van der Waals surface area contributed by atoms with Crippen LogP contribution in [0.25, 0.3) is 10.6 Å². The zero-order valence-electron chi connectivity index (χ0n) is 14.7. The van der Waals surface area contributed by atoms with Crippen LogP contribution in [-0.2, 0) is 16.1 Å². The van der Waals surface area contributed by atoms with Crippen molar-refractivity contribution in [3.63, 3.8) is 0 Å². The van der Waals surface area contributed by atoms with E-state index in [2.05, 4.69) is 4.98 Å². The number of carbonyl (C=O) groups excluding carboxylic acids is 1. The minimum Gasteiger partial charge on any atom is -0.459 e. The Bertz CT molecular complexity index is 817. The second-order valence-corrected chi connectivity index (χ2v) is 9.41. The van der Waals surface area contributed by atoms with Crippen molar-refractivity contribution in [1.82, 2.24) is 4.98 Å². The first-order valence-electron chi connectivity index (χ1n) is 9.43. The Kier molecular flexibility index (Phi) is 3.73. The first-order chi connectivity index (χ1) is 12.5.